The van der Waals surface area contributed by atoms with E-state index >= 15 is 0 Å². The zero-order valence-corrected chi connectivity index (χ0v) is 12.6. The number of carbonyl (C=O) groups is 1. The van der Waals surface area contributed by atoms with Crippen LogP contribution in [0.25, 0.3) is 0 Å². The van der Waals surface area contributed by atoms with Crippen molar-refractivity contribution in [3.05, 3.63) is 48.0 Å². The monoisotopic (exact) mass is 299 g/mol. The second-order valence-corrected chi connectivity index (χ2v) is 5.57. The number of hydrogen-bond acceptors (Lipinski definition) is 4. The summed E-state index contributed by atoms with van der Waals surface area (Å²) in [5.74, 6) is 1.90. The van der Waals surface area contributed by atoms with Gasteiger partial charge in [0.15, 0.2) is 0 Å². The van der Waals surface area contributed by atoms with E-state index in [9.17, 15) is 4.79 Å². The lowest BCUT2D eigenvalue weighted by Gasteiger charge is -2.16. The molecule has 3 heterocycles. The van der Waals surface area contributed by atoms with E-state index in [0.717, 1.165) is 30.2 Å². The fourth-order valence-corrected chi connectivity index (χ4v) is 2.64. The van der Waals surface area contributed by atoms with Gasteiger partial charge in [-0.25, -0.2) is 4.98 Å². The molecule has 1 saturated heterocycles. The zero-order valence-electron chi connectivity index (χ0n) is 12.6. The number of aromatic nitrogens is 1. The molecule has 0 unspecified atom stereocenters. The Morgan fingerprint density at radius 1 is 1.27 bits per heavy atom. The number of anilines is 1. The number of aryl methyl sites for hydroxylation is 1. The highest BCUT2D eigenvalue weighted by molar-refractivity contribution is 5.76. The minimum atomic E-state index is 0.0278. The van der Waals surface area contributed by atoms with Gasteiger partial charge < -0.3 is 14.6 Å². The average molecular weight is 299 g/mol. The van der Waals surface area contributed by atoms with Crippen LogP contribution in [0.15, 0.2) is 41.1 Å². The standard InChI is InChI=1S/C17H21N3O2/c21-17(8-6-15-4-3-11-22-15)19-13-14-5-7-16(18-12-14)20-9-1-2-10-20/h3-5,7,11-12H,1-2,6,8-10,13H2,(H,19,21). The maximum atomic E-state index is 11.8. The Labute approximate surface area is 130 Å². The Bertz CT molecular complexity index is 587. The first-order valence-corrected chi connectivity index (χ1v) is 7.80. The van der Waals surface area contributed by atoms with Crippen molar-refractivity contribution in [1.82, 2.24) is 10.3 Å². The van der Waals surface area contributed by atoms with Crippen LogP contribution < -0.4 is 10.2 Å². The Morgan fingerprint density at radius 3 is 2.82 bits per heavy atom. The lowest BCUT2D eigenvalue weighted by atomic mass is 10.2. The molecule has 0 spiro atoms. The Balaban J connectivity index is 1.43. The van der Waals surface area contributed by atoms with Crippen molar-refractivity contribution < 1.29 is 9.21 Å². The van der Waals surface area contributed by atoms with Gasteiger partial charge in [0.25, 0.3) is 0 Å². The lowest BCUT2D eigenvalue weighted by Crippen LogP contribution is -2.23. The highest BCUT2D eigenvalue weighted by atomic mass is 16.3. The molecule has 1 fully saturated rings. The van der Waals surface area contributed by atoms with Crippen LogP contribution in [-0.2, 0) is 17.8 Å². The van der Waals surface area contributed by atoms with Crippen LogP contribution in [0, 0.1) is 0 Å². The third-order valence-electron chi connectivity index (χ3n) is 3.91. The lowest BCUT2D eigenvalue weighted by molar-refractivity contribution is -0.121. The normalized spacial score (nSPS) is 14.3. The number of amides is 1. The van der Waals surface area contributed by atoms with Crippen molar-refractivity contribution in [3.63, 3.8) is 0 Å². The van der Waals surface area contributed by atoms with Gasteiger partial charge >= 0.3 is 0 Å². The molecule has 5 heteroatoms. The van der Waals surface area contributed by atoms with Crippen LogP contribution in [0.2, 0.25) is 0 Å². The number of nitrogens with zero attached hydrogens (tertiary/aromatic N) is 2. The molecule has 116 valence electrons. The molecule has 0 radical (unpaired) electrons. The number of nitrogens with one attached hydrogen (secondary N) is 1. The summed E-state index contributed by atoms with van der Waals surface area (Å²) >= 11 is 0. The van der Waals surface area contributed by atoms with Gasteiger partial charge in [-0.2, -0.15) is 0 Å². The molecule has 3 rings (SSSR count). The number of hydrogen-bond donors (Lipinski definition) is 1. The predicted octanol–water partition coefficient (Wildman–Crippen LogP) is 2.52. The largest absolute Gasteiger partial charge is 0.469 e. The highest BCUT2D eigenvalue weighted by Crippen LogP contribution is 2.17. The maximum absolute atomic E-state index is 11.8. The smallest absolute Gasteiger partial charge is 0.220 e. The molecular weight excluding hydrogens is 278 g/mol. The summed E-state index contributed by atoms with van der Waals surface area (Å²) in [5, 5.41) is 2.92. The molecule has 0 aromatic carbocycles. The van der Waals surface area contributed by atoms with Crippen molar-refractivity contribution in [2.24, 2.45) is 0 Å². The maximum Gasteiger partial charge on any atom is 0.220 e. The van der Waals surface area contributed by atoms with Gasteiger partial charge in [-0.3, -0.25) is 4.79 Å². The van der Waals surface area contributed by atoms with E-state index in [1.54, 1.807) is 6.26 Å². The van der Waals surface area contributed by atoms with E-state index in [2.05, 4.69) is 15.2 Å². The number of rotatable bonds is 6. The first-order valence-electron chi connectivity index (χ1n) is 7.80. The van der Waals surface area contributed by atoms with E-state index in [1.165, 1.54) is 12.8 Å². The molecule has 1 N–H and O–H groups in total. The Morgan fingerprint density at radius 2 is 2.14 bits per heavy atom. The second-order valence-electron chi connectivity index (χ2n) is 5.57. The predicted molar refractivity (Wildman–Crippen MR) is 84.6 cm³/mol. The van der Waals surface area contributed by atoms with Gasteiger partial charge in [0.1, 0.15) is 11.6 Å². The fourth-order valence-electron chi connectivity index (χ4n) is 2.64. The van der Waals surface area contributed by atoms with Gasteiger partial charge in [0, 0.05) is 38.7 Å². The van der Waals surface area contributed by atoms with E-state index in [0.29, 0.717) is 19.4 Å². The molecule has 1 aliphatic heterocycles. The molecule has 0 aliphatic carbocycles. The second kappa shape index (κ2) is 7.11. The topological polar surface area (TPSA) is 58.4 Å². The average Bonchev–Trinajstić information content (AvgIpc) is 3.24. The summed E-state index contributed by atoms with van der Waals surface area (Å²) < 4.78 is 5.21. The summed E-state index contributed by atoms with van der Waals surface area (Å²) in [6, 6.07) is 7.79. The first-order chi connectivity index (χ1) is 10.8. The fraction of sp³-hybridized carbons (Fsp3) is 0.412. The van der Waals surface area contributed by atoms with E-state index < -0.39 is 0 Å². The Hall–Kier alpha value is -2.30. The highest BCUT2D eigenvalue weighted by Gasteiger charge is 2.13. The van der Waals surface area contributed by atoms with Gasteiger partial charge in [-0.15, -0.1) is 0 Å². The molecule has 0 bridgehead atoms. The van der Waals surface area contributed by atoms with Crippen molar-refractivity contribution >= 4 is 11.7 Å². The molecule has 22 heavy (non-hydrogen) atoms. The van der Waals surface area contributed by atoms with Gasteiger partial charge in [-0.05, 0) is 36.6 Å². The third-order valence-corrected chi connectivity index (χ3v) is 3.91. The van der Waals surface area contributed by atoms with Crippen molar-refractivity contribution in [2.45, 2.75) is 32.2 Å². The molecule has 1 amide bonds. The SMILES string of the molecule is O=C(CCc1ccco1)NCc1ccc(N2CCCC2)nc1. The minimum absolute atomic E-state index is 0.0278. The quantitative estimate of drug-likeness (QED) is 0.890. The first kappa shape index (κ1) is 14.6. The summed E-state index contributed by atoms with van der Waals surface area (Å²) in [5.41, 5.74) is 1.02. The third kappa shape index (κ3) is 3.87. The van der Waals surface area contributed by atoms with Crippen LogP contribution in [0.5, 0.6) is 0 Å². The molecule has 2 aromatic heterocycles. The van der Waals surface area contributed by atoms with Crippen molar-refractivity contribution in [3.8, 4) is 0 Å². The number of furan rings is 1. The molecule has 0 saturated carbocycles. The van der Waals surface area contributed by atoms with Crippen molar-refractivity contribution in [1.29, 1.82) is 0 Å². The summed E-state index contributed by atoms with van der Waals surface area (Å²) in [4.78, 5) is 18.6. The molecular formula is C17H21N3O2. The number of carbonyl (C=O) groups excluding carboxylic acids is 1. The van der Waals surface area contributed by atoms with Gasteiger partial charge in [-0.1, -0.05) is 6.07 Å². The summed E-state index contributed by atoms with van der Waals surface area (Å²) in [6.07, 6.45) is 7.03. The van der Waals surface area contributed by atoms with Gasteiger partial charge in [0.05, 0.1) is 6.26 Å². The molecule has 1 aliphatic rings. The molecule has 2 aromatic rings. The van der Waals surface area contributed by atoms with Gasteiger partial charge in [0.2, 0.25) is 5.91 Å². The van der Waals surface area contributed by atoms with E-state index in [-0.39, 0.29) is 5.91 Å². The summed E-state index contributed by atoms with van der Waals surface area (Å²) in [6.45, 7) is 2.70. The van der Waals surface area contributed by atoms with Crippen LogP contribution in [0.4, 0.5) is 5.82 Å². The summed E-state index contributed by atoms with van der Waals surface area (Å²) in [7, 11) is 0. The zero-order chi connectivity index (χ0) is 15.2. The van der Waals surface area contributed by atoms with Crippen LogP contribution in [0.3, 0.4) is 0 Å². The van der Waals surface area contributed by atoms with Crippen molar-refractivity contribution in [2.75, 3.05) is 18.0 Å². The molecule has 5 nitrogen and oxygen atoms in total. The van der Waals surface area contributed by atoms with Crippen LogP contribution >= 0.6 is 0 Å². The minimum Gasteiger partial charge on any atom is -0.469 e. The van der Waals surface area contributed by atoms with E-state index in [4.69, 9.17) is 4.42 Å². The number of pyridine rings is 1. The molecule has 0 atom stereocenters. The van der Waals surface area contributed by atoms with Crippen LogP contribution in [-0.4, -0.2) is 24.0 Å². The van der Waals surface area contributed by atoms with E-state index in [1.807, 2.05) is 30.5 Å². The van der Waals surface area contributed by atoms with Crippen LogP contribution in [0.1, 0.15) is 30.6 Å². The Kier molecular flexibility index (Phi) is 4.73.